The number of nitrogens with two attached hydrogens (primary N) is 1. The van der Waals surface area contributed by atoms with Crippen LogP contribution in [0.15, 0.2) is 18.2 Å². The third kappa shape index (κ3) is 5.48. The maximum Gasteiger partial charge on any atom is 0.323 e. The van der Waals surface area contributed by atoms with Crippen molar-refractivity contribution in [1.29, 1.82) is 0 Å². The molecule has 4 N–H and O–H groups in total. The van der Waals surface area contributed by atoms with E-state index < -0.39 is 12.0 Å². The average molecular weight is 281 g/mol. The highest BCUT2D eigenvalue weighted by atomic mass is 16.5. The van der Waals surface area contributed by atoms with Gasteiger partial charge in [0, 0.05) is 0 Å². The summed E-state index contributed by atoms with van der Waals surface area (Å²) in [6, 6.07) is 3.60. The Kier molecular flexibility index (Phi) is 6.31. The number of aromatic hydroxyl groups is 2. The predicted molar refractivity (Wildman–Crippen MR) is 76.5 cm³/mol. The predicted octanol–water partition coefficient (Wildman–Crippen LogP) is 1.95. The van der Waals surface area contributed by atoms with Crippen molar-refractivity contribution < 1.29 is 19.7 Å². The van der Waals surface area contributed by atoms with E-state index in [9.17, 15) is 15.0 Å². The van der Waals surface area contributed by atoms with Crippen LogP contribution in [-0.2, 0) is 16.0 Å². The number of hydrogen-bond donors (Lipinski definition) is 3. The van der Waals surface area contributed by atoms with Gasteiger partial charge in [0.05, 0.1) is 6.61 Å². The van der Waals surface area contributed by atoms with Crippen LogP contribution in [0.25, 0.3) is 0 Å². The standard InChI is InChI=1S/C15H23NO4/c1-10(2)4-3-7-20-15(19)12(16)8-11-5-6-13(17)14(18)9-11/h5-6,9-10,12,17-18H,3-4,7-8,16H2,1-2H3. The van der Waals surface area contributed by atoms with Crippen LogP contribution >= 0.6 is 0 Å². The summed E-state index contributed by atoms with van der Waals surface area (Å²) in [7, 11) is 0. The number of benzene rings is 1. The van der Waals surface area contributed by atoms with E-state index in [0.29, 0.717) is 18.1 Å². The fourth-order valence-electron chi connectivity index (χ4n) is 1.80. The fraction of sp³-hybridized carbons (Fsp3) is 0.533. The number of carbonyl (C=O) groups excluding carboxylic acids is 1. The van der Waals surface area contributed by atoms with Crippen molar-refractivity contribution in [3.63, 3.8) is 0 Å². The molecule has 0 saturated carbocycles. The molecule has 0 bridgehead atoms. The molecule has 0 aromatic heterocycles. The molecule has 0 aliphatic rings. The third-order valence-electron chi connectivity index (χ3n) is 2.97. The van der Waals surface area contributed by atoms with Crippen LogP contribution in [-0.4, -0.2) is 28.8 Å². The molecular weight excluding hydrogens is 258 g/mol. The minimum absolute atomic E-state index is 0.196. The first-order valence-corrected chi connectivity index (χ1v) is 6.83. The second-order valence-electron chi connectivity index (χ2n) is 5.34. The molecule has 112 valence electrons. The van der Waals surface area contributed by atoms with Crippen LogP contribution in [0.5, 0.6) is 11.5 Å². The summed E-state index contributed by atoms with van der Waals surface area (Å²) in [5, 5.41) is 18.6. The smallest absolute Gasteiger partial charge is 0.323 e. The van der Waals surface area contributed by atoms with Crippen molar-refractivity contribution in [2.45, 2.75) is 39.2 Å². The lowest BCUT2D eigenvalue weighted by atomic mass is 10.1. The van der Waals surface area contributed by atoms with Crippen molar-refractivity contribution >= 4 is 5.97 Å². The van der Waals surface area contributed by atoms with E-state index in [2.05, 4.69) is 13.8 Å². The Hall–Kier alpha value is -1.75. The fourth-order valence-corrected chi connectivity index (χ4v) is 1.80. The number of phenolic OH excluding ortho intramolecular Hbond substituents is 2. The van der Waals surface area contributed by atoms with Gasteiger partial charge in [-0.25, -0.2) is 0 Å². The highest BCUT2D eigenvalue weighted by molar-refractivity contribution is 5.75. The minimum atomic E-state index is -0.766. The maximum atomic E-state index is 11.7. The van der Waals surface area contributed by atoms with Gasteiger partial charge in [-0.1, -0.05) is 19.9 Å². The molecule has 0 heterocycles. The zero-order chi connectivity index (χ0) is 15.1. The van der Waals surface area contributed by atoms with Crippen LogP contribution in [0, 0.1) is 5.92 Å². The highest BCUT2D eigenvalue weighted by Gasteiger charge is 2.16. The average Bonchev–Trinajstić information content (AvgIpc) is 2.38. The summed E-state index contributed by atoms with van der Waals surface area (Å²) in [5.74, 6) is -0.276. The Bertz CT molecular complexity index is 445. The molecule has 0 saturated heterocycles. The summed E-state index contributed by atoms with van der Waals surface area (Å²) in [5.41, 5.74) is 6.43. The van der Waals surface area contributed by atoms with Crippen molar-refractivity contribution in [3.8, 4) is 11.5 Å². The molecule has 5 heteroatoms. The van der Waals surface area contributed by atoms with E-state index >= 15 is 0 Å². The number of esters is 1. The lowest BCUT2D eigenvalue weighted by molar-refractivity contribution is -0.145. The van der Waals surface area contributed by atoms with Crippen molar-refractivity contribution in [2.24, 2.45) is 11.7 Å². The normalized spacial score (nSPS) is 12.4. The highest BCUT2D eigenvalue weighted by Crippen LogP contribution is 2.25. The summed E-state index contributed by atoms with van der Waals surface area (Å²) < 4.78 is 5.10. The lowest BCUT2D eigenvalue weighted by Gasteiger charge is -2.12. The largest absolute Gasteiger partial charge is 0.504 e. The number of phenols is 2. The molecule has 0 fully saturated rings. The number of hydrogen-bond acceptors (Lipinski definition) is 5. The van der Waals surface area contributed by atoms with E-state index in [4.69, 9.17) is 10.5 Å². The van der Waals surface area contributed by atoms with Crippen LogP contribution in [0.1, 0.15) is 32.3 Å². The van der Waals surface area contributed by atoms with Crippen molar-refractivity contribution in [2.75, 3.05) is 6.61 Å². The summed E-state index contributed by atoms with van der Waals surface area (Å²) >= 11 is 0. The van der Waals surface area contributed by atoms with Crippen LogP contribution in [0.2, 0.25) is 0 Å². The van der Waals surface area contributed by atoms with Gasteiger partial charge in [0.2, 0.25) is 0 Å². The van der Waals surface area contributed by atoms with Crippen LogP contribution < -0.4 is 5.73 Å². The van der Waals surface area contributed by atoms with Gasteiger partial charge < -0.3 is 20.7 Å². The Balaban J connectivity index is 2.39. The number of rotatable bonds is 7. The molecule has 0 amide bonds. The van der Waals surface area contributed by atoms with Crippen molar-refractivity contribution in [3.05, 3.63) is 23.8 Å². The second kappa shape index (κ2) is 7.75. The number of ether oxygens (including phenoxy) is 1. The maximum absolute atomic E-state index is 11.7. The molecule has 1 unspecified atom stereocenters. The Morgan fingerprint density at radius 2 is 2.00 bits per heavy atom. The summed E-state index contributed by atoms with van der Waals surface area (Å²) in [6.07, 6.45) is 2.10. The topological polar surface area (TPSA) is 92.8 Å². The lowest BCUT2D eigenvalue weighted by Crippen LogP contribution is -2.34. The van der Waals surface area contributed by atoms with E-state index in [1.165, 1.54) is 12.1 Å². The summed E-state index contributed by atoms with van der Waals surface area (Å²) in [6.45, 7) is 4.61. The zero-order valence-electron chi connectivity index (χ0n) is 12.0. The molecule has 0 radical (unpaired) electrons. The van der Waals surface area contributed by atoms with Gasteiger partial charge in [-0.2, -0.15) is 0 Å². The zero-order valence-corrected chi connectivity index (χ0v) is 12.0. The molecule has 1 aromatic carbocycles. The Morgan fingerprint density at radius 1 is 1.30 bits per heavy atom. The molecule has 1 aromatic rings. The monoisotopic (exact) mass is 281 g/mol. The van der Waals surface area contributed by atoms with Crippen LogP contribution in [0.4, 0.5) is 0 Å². The van der Waals surface area contributed by atoms with Gasteiger partial charge in [-0.05, 0) is 42.9 Å². The van der Waals surface area contributed by atoms with Gasteiger partial charge >= 0.3 is 5.97 Å². The number of carbonyl (C=O) groups is 1. The molecule has 1 atom stereocenters. The van der Waals surface area contributed by atoms with Crippen LogP contribution in [0.3, 0.4) is 0 Å². The quantitative estimate of drug-likeness (QED) is 0.403. The first kappa shape index (κ1) is 16.3. The molecule has 0 spiro atoms. The van der Waals surface area contributed by atoms with Gasteiger partial charge in [-0.15, -0.1) is 0 Å². The Morgan fingerprint density at radius 3 is 2.60 bits per heavy atom. The minimum Gasteiger partial charge on any atom is -0.504 e. The summed E-state index contributed by atoms with van der Waals surface area (Å²) in [4.78, 5) is 11.7. The first-order valence-electron chi connectivity index (χ1n) is 6.83. The third-order valence-corrected chi connectivity index (χ3v) is 2.97. The molecule has 5 nitrogen and oxygen atoms in total. The van der Waals surface area contributed by atoms with Gasteiger partial charge in [-0.3, -0.25) is 4.79 Å². The van der Waals surface area contributed by atoms with E-state index in [1.54, 1.807) is 6.07 Å². The molecule has 20 heavy (non-hydrogen) atoms. The van der Waals surface area contributed by atoms with Gasteiger partial charge in [0.1, 0.15) is 6.04 Å². The van der Waals surface area contributed by atoms with E-state index in [-0.39, 0.29) is 17.9 Å². The first-order chi connectivity index (χ1) is 9.40. The Labute approximate surface area is 119 Å². The van der Waals surface area contributed by atoms with E-state index in [1.807, 2.05) is 0 Å². The molecule has 0 aliphatic carbocycles. The van der Waals surface area contributed by atoms with E-state index in [0.717, 1.165) is 12.8 Å². The molecule has 0 aliphatic heterocycles. The molecule has 1 rings (SSSR count). The second-order valence-corrected chi connectivity index (χ2v) is 5.34. The molecular formula is C15H23NO4. The SMILES string of the molecule is CC(C)CCCOC(=O)C(N)Cc1ccc(O)c(O)c1. The van der Waals surface area contributed by atoms with Gasteiger partial charge in [0.15, 0.2) is 11.5 Å². The van der Waals surface area contributed by atoms with Gasteiger partial charge in [0.25, 0.3) is 0 Å². The van der Waals surface area contributed by atoms with Crippen molar-refractivity contribution in [1.82, 2.24) is 0 Å².